The molecule has 2 N–H and O–H groups in total. The second kappa shape index (κ2) is 7.59. The number of oxazole rings is 1. The van der Waals surface area contributed by atoms with Crippen molar-refractivity contribution in [2.24, 2.45) is 7.05 Å². The third-order valence-electron chi connectivity index (χ3n) is 4.94. The van der Waals surface area contributed by atoms with Crippen molar-refractivity contribution in [3.05, 3.63) is 59.8 Å². The van der Waals surface area contributed by atoms with Crippen molar-refractivity contribution >= 4 is 28.0 Å². The van der Waals surface area contributed by atoms with Crippen LogP contribution < -0.4 is 5.32 Å². The van der Waals surface area contributed by atoms with Crippen molar-refractivity contribution in [2.45, 2.75) is 13.0 Å². The molecule has 5 aromatic rings. The summed E-state index contributed by atoms with van der Waals surface area (Å²) in [5.74, 6) is -0.456. The lowest BCUT2D eigenvalue weighted by Gasteiger charge is -2.02. The molecule has 10 nitrogen and oxygen atoms in total. The van der Waals surface area contributed by atoms with E-state index < -0.39 is 5.91 Å². The molecule has 0 saturated carbocycles. The summed E-state index contributed by atoms with van der Waals surface area (Å²) in [5.41, 5.74) is 3.23. The van der Waals surface area contributed by atoms with Gasteiger partial charge >= 0.3 is 0 Å². The molecule has 0 saturated heterocycles. The molecule has 0 aliphatic heterocycles. The molecular formula is C21H15FN8O2. The van der Waals surface area contributed by atoms with Crippen LogP contribution in [-0.4, -0.2) is 35.6 Å². The molecule has 4 aromatic heterocycles. The van der Waals surface area contributed by atoms with Crippen molar-refractivity contribution < 1.29 is 13.6 Å². The summed E-state index contributed by atoms with van der Waals surface area (Å²) < 4.78 is 20.5. The van der Waals surface area contributed by atoms with E-state index in [4.69, 9.17) is 9.68 Å². The number of aryl methyl sites for hydroxylation is 1. The number of aromatic nitrogens is 6. The lowest BCUT2D eigenvalue weighted by molar-refractivity contribution is 0.0949. The Bertz CT molecular complexity index is 1520. The SMILES string of the molecule is Cn1nc(-c2cnc3[nH]cc(C(=O)NCc4nc(CC#N)co4)c3n2)c2ccc(F)cc21. The Morgan fingerprint density at radius 3 is 3.09 bits per heavy atom. The average molecular weight is 430 g/mol. The molecule has 0 atom stereocenters. The van der Waals surface area contributed by atoms with Gasteiger partial charge in [-0.3, -0.25) is 9.48 Å². The van der Waals surface area contributed by atoms with E-state index in [9.17, 15) is 9.18 Å². The number of carbonyl (C=O) groups excluding carboxylic acids is 1. The highest BCUT2D eigenvalue weighted by Gasteiger charge is 2.18. The Morgan fingerprint density at radius 2 is 2.25 bits per heavy atom. The minimum atomic E-state index is -0.393. The van der Waals surface area contributed by atoms with Crippen molar-refractivity contribution in [3.63, 3.8) is 0 Å². The van der Waals surface area contributed by atoms with Crippen LogP contribution in [0.5, 0.6) is 0 Å². The maximum absolute atomic E-state index is 13.6. The largest absolute Gasteiger partial charge is 0.447 e. The van der Waals surface area contributed by atoms with Crippen molar-refractivity contribution in [1.82, 2.24) is 35.0 Å². The molecule has 0 bridgehead atoms. The first kappa shape index (κ1) is 19.4. The average Bonchev–Trinajstić information content (AvgIpc) is 3.49. The van der Waals surface area contributed by atoms with E-state index in [1.807, 2.05) is 6.07 Å². The fourth-order valence-corrected chi connectivity index (χ4v) is 3.44. The van der Waals surface area contributed by atoms with Gasteiger partial charge < -0.3 is 14.7 Å². The monoisotopic (exact) mass is 430 g/mol. The maximum atomic E-state index is 13.6. The number of rotatable bonds is 5. The van der Waals surface area contributed by atoms with Crippen LogP contribution >= 0.6 is 0 Å². The Hall–Kier alpha value is -4.59. The van der Waals surface area contributed by atoms with Gasteiger partial charge in [0, 0.05) is 18.6 Å². The van der Waals surface area contributed by atoms with E-state index in [1.165, 1.54) is 24.6 Å². The summed E-state index contributed by atoms with van der Waals surface area (Å²) in [7, 11) is 1.72. The van der Waals surface area contributed by atoms with Crippen LogP contribution in [0.1, 0.15) is 21.9 Å². The predicted molar refractivity (Wildman–Crippen MR) is 111 cm³/mol. The van der Waals surface area contributed by atoms with Gasteiger partial charge in [0.1, 0.15) is 29.0 Å². The zero-order chi connectivity index (χ0) is 22.2. The summed E-state index contributed by atoms with van der Waals surface area (Å²) in [6, 6.07) is 6.38. The van der Waals surface area contributed by atoms with Gasteiger partial charge in [0.05, 0.1) is 42.0 Å². The fraction of sp³-hybridized carbons (Fsp3) is 0.143. The van der Waals surface area contributed by atoms with Gasteiger partial charge in [0.25, 0.3) is 5.91 Å². The number of benzene rings is 1. The highest BCUT2D eigenvalue weighted by atomic mass is 19.1. The predicted octanol–water partition coefficient (Wildman–Crippen LogP) is 2.63. The molecule has 158 valence electrons. The van der Waals surface area contributed by atoms with E-state index in [0.29, 0.717) is 45.2 Å². The number of halogens is 1. The molecule has 0 spiro atoms. The van der Waals surface area contributed by atoms with Crippen molar-refractivity contribution in [1.29, 1.82) is 5.26 Å². The quantitative estimate of drug-likeness (QED) is 0.437. The second-order valence-corrected chi connectivity index (χ2v) is 7.04. The van der Waals surface area contributed by atoms with Crippen LogP contribution in [0.25, 0.3) is 33.5 Å². The minimum Gasteiger partial charge on any atom is -0.447 e. The molecule has 5 rings (SSSR count). The number of hydrogen-bond donors (Lipinski definition) is 2. The Morgan fingerprint density at radius 1 is 1.38 bits per heavy atom. The molecule has 11 heteroatoms. The molecule has 0 fully saturated rings. The highest BCUT2D eigenvalue weighted by Crippen LogP contribution is 2.28. The highest BCUT2D eigenvalue weighted by molar-refractivity contribution is 6.05. The van der Waals surface area contributed by atoms with E-state index in [0.717, 1.165) is 5.39 Å². The molecule has 1 aromatic carbocycles. The molecular weight excluding hydrogens is 415 g/mol. The van der Waals surface area contributed by atoms with Crippen LogP contribution in [0.4, 0.5) is 4.39 Å². The molecule has 0 radical (unpaired) electrons. The smallest absolute Gasteiger partial charge is 0.255 e. The van der Waals surface area contributed by atoms with Crippen molar-refractivity contribution in [3.8, 4) is 17.5 Å². The summed E-state index contributed by atoms with van der Waals surface area (Å²) >= 11 is 0. The number of H-pyrrole nitrogens is 1. The van der Waals surface area contributed by atoms with Crippen LogP contribution in [0.2, 0.25) is 0 Å². The molecule has 0 unspecified atom stereocenters. The maximum Gasteiger partial charge on any atom is 0.255 e. The third-order valence-corrected chi connectivity index (χ3v) is 4.94. The third kappa shape index (κ3) is 3.33. The fourth-order valence-electron chi connectivity index (χ4n) is 3.44. The number of nitrogens with one attached hydrogen (secondary N) is 2. The lowest BCUT2D eigenvalue weighted by atomic mass is 10.1. The van der Waals surface area contributed by atoms with Crippen LogP contribution in [0.3, 0.4) is 0 Å². The first-order chi connectivity index (χ1) is 15.5. The summed E-state index contributed by atoms with van der Waals surface area (Å²) in [4.78, 5) is 28.8. The van der Waals surface area contributed by atoms with E-state index >= 15 is 0 Å². The number of nitrogens with zero attached hydrogens (tertiary/aromatic N) is 6. The molecule has 0 aliphatic carbocycles. The van der Waals surface area contributed by atoms with Crippen molar-refractivity contribution in [2.75, 3.05) is 0 Å². The van der Waals surface area contributed by atoms with Gasteiger partial charge in [-0.1, -0.05) is 0 Å². The van der Waals surface area contributed by atoms with E-state index in [2.05, 4.69) is 30.4 Å². The van der Waals surface area contributed by atoms with E-state index in [-0.39, 0.29) is 18.8 Å². The summed E-state index contributed by atoms with van der Waals surface area (Å²) in [6.45, 7) is 0.0560. The van der Waals surface area contributed by atoms with Gasteiger partial charge in [0.2, 0.25) is 5.89 Å². The van der Waals surface area contributed by atoms with Gasteiger partial charge in [-0.25, -0.2) is 19.3 Å². The summed E-state index contributed by atoms with van der Waals surface area (Å²) in [5, 5.41) is 16.6. The van der Waals surface area contributed by atoms with Crippen LogP contribution in [0, 0.1) is 17.1 Å². The van der Waals surface area contributed by atoms with Crippen LogP contribution in [-0.2, 0) is 20.0 Å². The normalized spacial score (nSPS) is 11.2. The minimum absolute atomic E-state index is 0.0560. The lowest BCUT2D eigenvalue weighted by Crippen LogP contribution is -2.22. The van der Waals surface area contributed by atoms with Gasteiger partial charge in [-0.15, -0.1) is 0 Å². The number of amides is 1. The first-order valence-corrected chi connectivity index (χ1v) is 9.58. The molecule has 4 heterocycles. The Balaban J connectivity index is 1.45. The van der Waals surface area contributed by atoms with Gasteiger partial charge in [0.15, 0.2) is 5.65 Å². The number of hydrogen-bond acceptors (Lipinski definition) is 7. The molecule has 32 heavy (non-hydrogen) atoms. The zero-order valence-electron chi connectivity index (χ0n) is 16.8. The topological polar surface area (TPSA) is 138 Å². The Kier molecular flexibility index (Phi) is 4.59. The van der Waals surface area contributed by atoms with E-state index in [1.54, 1.807) is 24.0 Å². The van der Waals surface area contributed by atoms with Crippen LogP contribution in [0.15, 0.2) is 41.3 Å². The summed E-state index contributed by atoms with van der Waals surface area (Å²) in [6.07, 6.45) is 4.59. The number of nitriles is 1. The number of fused-ring (bicyclic) bond motifs is 2. The van der Waals surface area contributed by atoms with Gasteiger partial charge in [-0.2, -0.15) is 10.4 Å². The number of aromatic amines is 1. The first-order valence-electron chi connectivity index (χ1n) is 9.58. The Labute approximate surface area is 179 Å². The standard InChI is InChI=1S/C21H15FN8O2/c1-30-16-6-11(22)2-3-13(16)18(29-30)15-8-25-20-19(28-15)14(7-24-20)21(31)26-9-17-27-12(4-5-23)10-32-17/h2-3,6-8,10H,4,9H2,1H3,(H,24,25)(H,26,31). The van der Waals surface area contributed by atoms with Gasteiger partial charge in [-0.05, 0) is 18.2 Å². The molecule has 0 aliphatic rings. The number of carbonyl (C=O) groups is 1. The molecule has 1 amide bonds. The second-order valence-electron chi connectivity index (χ2n) is 7.04. The zero-order valence-corrected chi connectivity index (χ0v) is 16.8.